The lowest BCUT2D eigenvalue weighted by Gasteiger charge is -2.36. The monoisotopic (exact) mass is 385 g/mol. The number of nitrogens with one attached hydrogen (secondary N) is 3. The van der Waals surface area contributed by atoms with Crippen LogP contribution in [0.3, 0.4) is 0 Å². The van der Waals surface area contributed by atoms with E-state index in [4.69, 9.17) is 9.47 Å². The third-order valence-electron chi connectivity index (χ3n) is 4.58. The van der Waals surface area contributed by atoms with Gasteiger partial charge in [-0.1, -0.05) is 12.7 Å². The minimum absolute atomic E-state index is 0.0699. The van der Waals surface area contributed by atoms with E-state index in [1.807, 2.05) is 0 Å². The van der Waals surface area contributed by atoms with Crippen LogP contribution in [0, 0.1) is 0 Å². The predicted octanol–water partition coefficient (Wildman–Crippen LogP) is 1.61. The van der Waals surface area contributed by atoms with Gasteiger partial charge < -0.3 is 25.4 Å². The van der Waals surface area contributed by atoms with Crippen molar-refractivity contribution < 1.29 is 19.1 Å². The van der Waals surface area contributed by atoms with Crippen LogP contribution in [0.5, 0.6) is 5.88 Å². The fourth-order valence-corrected chi connectivity index (χ4v) is 3.09. The second-order valence-corrected chi connectivity index (χ2v) is 6.38. The molecule has 2 amide bonds. The Balaban J connectivity index is 1.87. The van der Waals surface area contributed by atoms with Gasteiger partial charge in [-0.25, -0.2) is 9.78 Å². The molecular formula is C19H23N5O4. The van der Waals surface area contributed by atoms with Gasteiger partial charge in [-0.2, -0.15) is 0 Å². The number of piperidine rings is 1. The van der Waals surface area contributed by atoms with E-state index in [-0.39, 0.29) is 12.5 Å². The molecule has 148 valence electrons. The summed E-state index contributed by atoms with van der Waals surface area (Å²) in [5.41, 5.74) is 0.538. The molecular weight excluding hydrogens is 362 g/mol. The number of rotatable bonds is 6. The number of anilines is 1. The molecule has 9 heteroatoms. The van der Waals surface area contributed by atoms with Gasteiger partial charge >= 0.3 is 6.09 Å². The molecule has 2 aromatic rings. The minimum atomic E-state index is -1.09. The Bertz CT molecular complexity index is 880. The van der Waals surface area contributed by atoms with Gasteiger partial charge in [-0.3, -0.25) is 9.78 Å². The van der Waals surface area contributed by atoms with Crippen LogP contribution in [0.25, 0.3) is 11.0 Å². The first-order valence-electron chi connectivity index (χ1n) is 8.96. The van der Waals surface area contributed by atoms with E-state index in [2.05, 4.69) is 32.5 Å². The number of methoxy groups -OCH3 is 1. The quantitative estimate of drug-likeness (QED) is 0.647. The van der Waals surface area contributed by atoms with Crippen LogP contribution in [0.15, 0.2) is 37.1 Å². The van der Waals surface area contributed by atoms with E-state index in [1.54, 1.807) is 24.4 Å². The Labute approximate surface area is 162 Å². The molecule has 3 N–H and O–H groups in total. The van der Waals surface area contributed by atoms with Crippen molar-refractivity contribution in [3.8, 4) is 5.88 Å². The number of fused-ring (bicyclic) bond motifs is 1. The summed E-state index contributed by atoms with van der Waals surface area (Å²) >= 11 is 0. The maximum Gasteiger partial charge on any atom is 0.408 e. The van der Waals surface area contributed by atoms with Crippen LogP contribution in [0.2, 0.25) is 0 Å². The molecule has 3 heterocycles. The molecule has 0 bridgehead atoms. The summed E-state index contributed by atoms with van der Waals surface area (Å²) in [6.45, 7) is 4.77. The number of hydrogen-bond acceptors (Lipinski definition) is 7. The number of amides is 2. The van der Waals surface area contributed by atoms with Crippen molar-refractivity contribution in [2.75, 3.05) is 32.1 Å². The summed E-state index contributed by atoms with van der Waals surface area (Å²) < 4.78 is 10.2. The average molecular weight is 385 g/mol. The van der Waals surface area contributed by atoms with Crippen molar-refractivity contribution in [1.82, 2.24) is 20.6 Å². The number of alkyl carbamates (subject to hydrolysis) is 1. The summed E-state index contributed by atoms with van der Waals surface area (Å²) in [5.74, 6) is 0.0837. The number of nitrogens with zero attached hydrogens (tertiary/aromatic N) is 2. The molecule has 1 aliphatic heterocycles. The number of carbonyl (C=O) groups is 2. The summed E-state index contributed by atoms with van der Waals surface area (Å²) in [4.78, 5) is 33.9. The Hall–Kier alpha value is -3.20. The first kappa shape index (κ1) is 19.6. The van der Waals surface area contributed by atoms with Gasteiger partial charge in [0, 0.05) is 12.3 Å². The van der Waals surface area contributed by atoms with Gasteiger partial charge in [0.25, 0.3) is 0 Å². The van der Waals surface area contributed by atoms with E-state index in [1.165, 1.54) is 13.2 Å². The minimum Gasteiger partial charge on any atom is -0.481 e. The van der Waals surface area contributed by atoms with Gasteiger partial charge in [0.2, 0.25) is 11.8 Å². The maximum absolute atomic E-state index is 13.2. The molecule has 1 fully saturated rings. The molecule has 9 nitrogen and oxygen atoms in total. The zero-order valence-electron chi connectivity index (χ0n) is 15.7. The van der Waals surface area contributed by atoms with Gasteiger partial charge in [-0.05, 0) is 38.1 Å². The van der Waals surface area contributed by atoms with Gasteiger partial charge in [-0.15, -0.1) is 0 Å². The first-order chi connectivity index (χ1) is 13.6. The maximum atomic E-state index is 13.2. The summed E-state index contributed by atoms with van der Waals surface area (Å²) in [5, 5.41) is 8.82. The van der Waals surface area contributed by atoms with Crippen LogP contribution < -0.4 is 20.7 Å². The number of hydrogen-bond donors (Lipinski definition) is 3. The SMILES string of the molecule is C=CCOC(=O)NC1(C(=O)Nc2ccnc3ccc(OC)nc23)CCNCC1. The van der Waals surface area contributed by atoms with Gasteiger partial charge in [0.15, 0.2) is 0 Å². The number of pyridine rings is 2. The van der Waals surface area contributed by atoms with Gasteiger partial charge in [0.05, 0.1) is 18.3 Å². The zero-order valence-corrected chi connectivity index (χ0v) is 15.7. The molecule has 0 atom stereocenters. The summed E-state index contributed by atoms with van der Waals surface area (Å²) in [6, 6.07) is 5.13. The van der Waals surface area contributed by atoms with Crippen LogP contribution in [-0.4, -0.2) is 54.3 Å². The Morgan fingerprint density at radius 3 is 2.82 bits per heavy atom. The van der Waals surface area contributed by atoms with Crippen molar-refractivity contribution in [3.05, 3.63) is 37.1 Å². The van der Waals surface area contributed by atoms with Crippen molar-refractivity contribution >= 4 is 28.7 Å². The van der Waals surface area contributed by atoms with Gasteiger partial charge in [0.1, 0.15) is 17.7 Å². The average Bonchev–Trinajstić information content (AvgIpc) is 2.72. The first-order valence-corrected chi connectivity index (χ1v) is 8.96. The molecule has 0 aromatic carbocycles. The highest BCUT2D eigenvalue weighted by atomic mass is 16.5. The molecule has 0 spiro atoms. The summed E-state index contributed by atoms with van der Waals surface area (Å²) in [6.07, 6.45) is 3.27. The van der Waals surface area contributed by atoms with E-state index in [0.29, 0.717) is 48.5 Å². The lowest BCUT2D eigenvalue weighted by atomic mass is 9.87. The van der Waals surface area contributed by atoms with Crippen molar-refractivity contribution in [1.29, 1.82) is 0 Å². The Kier molecular flexibility index (Phi) is 6.05. The molecule has 1 saturated heterocycles. The molecule has 28 heavy (non-hydrogen) atoms. The fraction of sp³-hybridized carbons (Fsp3) is 0.368. The van der Waals surface area contributed by atoms with Crippen LogP contribution in [0.4, 0.5) is 10.5 Å². The lowest BCUT2D eigenvalue weighted by molar-refractivity contribution is -0.123. The number of carbonyl (C=O) groups excluding carboxylic acids is 2. The lowest BCUT2D eigenvalue weighted by Crippen LogP contribution is -2.61. The van der Waals surface area contributed by atoms with E-state index in [9.17, 15) is 9.59 Å². The molecule has 0 saturated carbocycles. The normalized spacial score (nSPS) is 15.5. The largest absolute Gasteiger partial charge is 0.481 e. The van der Waals surface area contributed by atoms with Crippen molar-refractivity contribution in [2.24, 2.45) is 0 Å². The zero-order chi connectivity index (χ0) is 20.0. The third-order valence-corrected chi connectivity index (χ3v) is 4.58. The highest BCUT2D eigenvalue weighted by Gasteiger charge is 2.41. The second kappa shape index (κ2) is 8.66. The smallest absolute Gasteiger partial charge is 0.408 e. The van der Waals surface area contributed by atoms with Crippen LogP contribution >= 0.6 is 0 Å². The summed E-state index contributed by atoms with van der Waals surface area (Å²) in [7, 11) is 1.52. The fourth-order valence-electron chi connectivity index (χ4n) is 3.09. The molecule has 3 rings (SSSR count). The highest BCUT2D eigenvalue weighted by Crippen LogP contribution is 2.26. The molecule has 0 unspecified atom stereocenters. The number of aromatic nitrogens is 2. The Morgan fingerprint density at radius 2 is 2.11 bits per heavy atom. The molecule has 0 radical (unpaired) electrons. The molecule has 1 aliphatic rings. The van der Waals surface area contributed by atoms with E-state index in [0.717, 1.165) is 0 Å². The standard InChI is InChI=1S/C19H23N5O4/c1-3-12-28-18(26)24-19(7-10-20-11-8-19)17(25)22-14-6-9-21-13-4-5-15(27-2)23-16(13)14/h3-6,9,20H,1,7-8,10-12H2,2H3,(H,24,26)(H,21,22,25). The topological polar surface area (TPSA) is 114 Å². The predicted molar refractivity (Wildman–Crippen MR) is 104 cm³/mol. The number of ether oxygens (including phenoxy) is 2. The molecule has 2 aromatic heterocycles. The van der Waals surface area contributed by atoms with Crippen LogP contribution in [0.1, 0.15) is 12.8 Å². The van der Waals surface area contributed by atoms with E-state index >= 15 is 0 Å². The third kappa shape index (κ3) is 4.20. The van der Waals surface area contributed by atoms with Crippen LogP contribution in [-0.2, 0) is 9.53 Å². The van der Waals surface area contributed by atoms with Crippen molar-refractivity contribution in [2.45, 2.75) is 18.4 Å². The second-order valence-electron chi connectivity index (χ2n) is 6.38. The molecule has 0 aliphatic carbocycles. The Morgan fingerprint density at radius 1 is 1.32 bits per heavy atom. The van der Waals surface area contributed by atoms with Crippen molar-refractivity contribution in [3.63, 3.8) is 0 Å². The highest BCUT2D eigenvalue weighted by molar-refractivity contribution is 6.04. The van der Waals surface area contributed by atoms with E-state index < -0.39 is 11.6 Å².